The average Bonchev–Trinajstić information content (AvgIpc) is 2.55. The lowest BCUT2D eigenvalue weighted by Crippen LogP contribution is -2.56. The zero-order valence-electron chi connectivity index (χ0n) is 10.8. The van der Waals surface area contributed by atoms with Gasteiger partial charge in [0, 0.05) is 11.8 Å². The lowest BCUT2D eigenvalue weighted by Gasteiger charge is -2.59. The van der Waals surface area contributed by atoms with Crippen LogP contribution in [0, 0.1) is 23.2 Å². The Balaban J connectivity index is 1.58. The van der Waals surface area contributed by atoms with Gasteiger partial charge in [-0.05, 0) is 80.4 Å². The zero-order valence-corrected chi connectivity index (χ0v) is 11.6. The highest BCUT2D eigenvalue weighted by atomic mass is 32.2. The van der Waals surface area contributed by atoms with Gasteiger partial charge in [0.05, 0.1) is 0 Å². The first-order valence-electron chi connectivity index (χ1n) is 7.65. The van der Waals surface area contributed by atoms with E-state index in [1.165, 1.54) is 24.5 Å². The lowest BCUT2D eigenvalue weighted by atomic mass is 9.48. The maximum atomic E-state index is 3.92. The molecule has 1 saturated heterocycles. The molecule has 4 bridgehead atoms. The van der Waals surface area contributed by atoms with E-state index in [0.717, 1.165) is 29.2 Å². The predicted molar refractivity (Wildman–Crippen MR) is 74.3 cm³/mol. The van der Waals surface area contributed by atoms with Crippen LogP contribution >= 0.6 is 11.8 Å². The minimum Gasteiger partial charge on any atom is -0.313 e. The molecule has 2 heteroatoms. The molecule has 1 unspecified atom stereocenters. The van der Waals surface area contributed by atoms with Crippen LogP contribution in [0.25, 0.3) is 0 Å². The molecule has 0 radical (unpaired) electrons. The maximum Gasteiger partial charge on any atom is 0.0214 e. The van der Waals surface area contributed by atoms with Crippen LogP contribution in [-0.4, -0.2) is 24.1 Å². The molecule has 1 nitrogen and oxygen atoms in total. The summed E-state index contributed by atoms with van der Waals surface area (Å²) in [6.45, 7) is 1.28. The van der Waals surface area contributed by atoms with Gasteiger partial charge in [0.25, 0.3) is 0 Å². The normalized spacial score (nSPS) is 53.6. The summed E-state index contributed by atoms with van der Waals surface area (Å²) >= 11 is 2.21. The lowest BCUT2D eigenvalue weighted by molar-refractivity contribution is -0.0691. The second-order valence-corrected chi connectivity index (χ2v) is 8.36. The highest BCUT2D eigenvalue weighted by molar-refractivity contribution is 7.99. The van der Waals surface area contributed by atoms with E-state index in [9.17, 15) is 0 Å². The van der Waals surface area contributed by atoms with E-state index in [1.54, 1.807) is 38.5 Å². The fourth-order valence-corrected chi connectivity index (χ4v) is 6.93. The number of rotatable bonds is 1. The van der Waals surface area contributed by atoms with Gasteiger partial charge in [-0.1, -0.05) is 0 Å². The van der Waals surface area contributed by atoms with E-state index in [1.807, 2.05) is 0 Å². The van der Waals surface area contributed by atoms with Gasteiger partial charge in [-0.15, -0.1) is 0 Å². The van der Waals surface area contributed by atoms with Gasteiger partial charge in [0.15, 0.2) is 0 Å². The Kier molecular flexibility index (Phi) is 2.73. The van der Waals surface area contributed by atoms with Gasteiger partial charge in [0.1, 0.15) is 0 Å². The van der Waals surface area contributed by atoms with Crippen LogP contribution < -0.4 is 5.32 Å². The van der Waals surface area contributed by atoms with E-state index < -0.39 is 0 Å². The summed E-state index contributed by atoms with van der Waals surface area (Å²) in [6.07, 6.45) is 10.8. The summed E-state index contributed by atoms with van der Waals surface area (Å²) in [5.41, 5.74) is 0.728. The van der Waals surface area contributed by atoms with Gasteiger partial charge in [-0.2, -0.15) is 11.8 Å². The Morgan fingerprint density at radius 1 is 0.941 bits per heavy atom. The smallest absolute Gasteiger partial charge is 0.0214 e. The van der Waals surface area contributed by atoms with Crippen molar-refractivity contribution in [2.75, 3.05) is 18.1 Å². The van der Waals surface area contributed by atoms with Crippen LogP contribution in [-0.2, 0) is 0 Å². The van der Waals surface area contributed by atoms with Crippen molar-refractivity contribution in [2.24, 2.45) is 23.2 Å². The van der Waals surface area contributed by atoms with Crippen LogP contribution in [0.15, 0.2) is 0 Å². The average molecular weight is 251 g/mol. The summed E-state index contributed by atoms with van der Waals surface area (Å²) in [7, 11) is 0. The molecule has 0 spiro atoms. The molecule has 1 N–H and O–H groups in total. The first-order chi connectivity index (χ1) is 8.34. The fraction of sp³-hybridized carbons (Fsp3) is 1.00. The molecule has 1 heterocycles. The van der Waals surface area contributed by atoms with Crippen molar-refractivity contribution in [3.8, 4) is 0 Å². The van der Waals surface area contributed by atoms with Crippen molar-refractivity contribution in [1.29, 1.82) is 0 Å². The second kappa shape index (κ2) is 4.16. The summed E-state index contributed by atoms with van der Waals surface area (Å²) < 4.78 is 0. The van der Waals surface area contributed by atoms with E-state index in [-0.39, 0.29) is 0 Å². The molecular weight excluding hydrogens is 226 g/mol. The SMILES string of the molecule is C1CNC(C23CC4CC(CC(C4)C2)C3)CSC1. The molecule has 5 fully saturated rings. The molecule has 5 rings (SSSR count). The summed E-state index contributed by atoms with van der Waals surface area (Å²) in [4.78, 5) is 0. The second-order valence-electron chi connectivity index (χ2n) is 7.22. The molecule has 4 aliphatic carbocycles. The van der Waals surface area contributed by atoms with Gasteiger partial charge in [0.2, 0.25) is 0 Å². The topological polar surface area (TPSA) is 12.0 Å². The molecule has 0 aromatic carbocycles. The van der Waals surface area contributed by atoms with Crippen LogP contribution in [0.1, 0.15) is 44.9 Å². The Hall–Kier alpha value is 0.310. The first kappa shape index (κ1) is 11.2. The van der Waals surface area contributed by atoms with Gasteiger partial charge >= 0.3 is 0 Å². The molecular formula is C15H25NS. The van der Waals surface area contributed by atoms with E-state index in [2.05, 4.69) is 17.1 Å². The van der Waals surface area contributed by atoms with E-state index >= 15 is 0 Å². The zero-order chi connectivity index (χ0) is 11.3. The number of thioether (sulfide) groups is 1. The third kappa shape index (κ3) is 1.87. The van der Waals surface area contributed by atoms with Crippen LogP contribution in [0.3, 0.4) is 0 Å². The monoisotopic (exact) mass is 251 g/mol. The minimum absolute atomic E-state index is 0.728. The standard InChI is InChI=1S/C15H25NS/c1-2-16-14(10-17-3-1)15-7-11-4-12(8-15)6-13(5-11)9-15/h11-14,16H,1-10H2. The Bertz CT molecular complexity index is 258. The quantitative estimate of drug-likeness (QED) is 0.767. The van der Waals surface area contributed by atoms with Crippen molar-refractivity contribution < 1.29 is 0 Å². The van der Waals surface area contributed by atoms with E-state index in [4.69, 9.17) is 0 Å². The molecule has 1 aliphatic heterocycles. The van der Waals surface area contributed by atoms with Crippen LogP contribution in [0.5, 0.6) is 0 Å². The molecule has 17 heavy (non-hydrogen) atoms. The minimum atomic E-state index is 0.728. The summed E-state index contributed by atoms with van der Waals surface area (Å²) in [6, 6.07) is 0.850. The highest BCUT2D eigenvalue weighted by Crippen LogP contribution is 2.61. The molecule has 1 atom stereocenters. The molecule has 0 aromatic rings. The van der Waals surface area contributed by atoms with E-state index in [0.29, 0.717) is 0 Å². The number of hydrogen-bond acceptors (Lipinski definition) is 2. The molecule has 96 valence electrons. The molecule has 4 saturated carbocycles. The van der Waals surface area contributed by atoms with Crippen molar-refractivity contribution in [3.05, 3.63) is 0 Å². The van der Waals surface area contributed by atoms with Crippen molar-refractivity contribution >= 4 is 11.8 Å². The van der Waals surface area contributed by atoms with Gasteiger partial charge < -0.3 is 5.32 Å². The predicted octanol–water partition coefficient (Wildman–Crippen LogP) is 3.30. The summed E-state index contributed by atoms with van der Waals surface area (Å²) in [5.74, 6) is 6.10. The fourth-order valence-electron chi connectivity index (χ4n) is 5.71. The van der Waals surface area contributed by atoms with Crippen LogP contribution in [0.4, 0.5) is 0 Å². The van der Waals surface area contributed by atoms with Gasteiger partial charge in [-0.25, -0.2) is 0 Å². The Morgan fingerprint density at radius 2 is 1.59 bits per heavy atom. The highest BCUT2D eigenvalue weighted by Gasteiger charge is 2.53. The first-order valence-corrected chi connectivity index (χ1v) is 8.81. The Labute approximate surface area is 109 Å². The maximum absolute atomic E-state index is 3.92. The molecule has 5 aliphatic rings. The number of nitrogens with one attached hydrogen (secondary N) is 1. The third-order valence-electron chi connectivity index (χ3n) is 5.97. The van der Waals surface area contributed by atoms with Crippen molar-refractivity contribution in [2.45, 2.75) is 51.0 Å². The van der Waals surface area contributed by atoms with Gasteiger partial charge in [-0.3, -0.25) is 0 Å². The molecule has 0 aromatic heterocycles. The third-order valence-corrected chi connectivity index (χ3v) is 7.11. The van der Waals surface area contributed by atoms with Crippen molar-refractivity contribution in [1.82, 2.24) is 5.32 Å². The largest absolute Gasteiger partial charge is 0.313 e. The number of hydrogen-bond donors (Lipinski definition) is 1. The summed E-state index contributed by atoms with van der Waals surface area (Å²) in [5, 5.41) is 3.92. The Morgan fingerprint density at radius 3 is 2.24 bits per heavy atom. The van der Waals surface area contributed by atoms with Crippen molar-refractivity contribution in [3.63, 3.8) is 0 Å². The molecule has 0 amide bonds. The van der Waals surface area contributed by atoms with Crippen LogP contribution in [0.2, 0.25) is 0 Å².